The molecule has 0 radical (unpaired) electrons. The Labute approximate surface area is 128 Å². The van der Waals surface area contributed by atoms with Crippen molar-refractivity contribution in [1.82, 2.24) is 9.97 Å². The molecule has 2 aromatic carbocycles. The average Bonchev–Trinajstić information content (AvgIpc) is 2.47. The van der Waals surface area contributed by atoms with Crippen molar-refractivity contribution < 1.29 is 4.74 Å². The summed E-state index contributed by atoms with van der Waals surface area (Å²) in [5, 5.41) is 0.437. The van der Waals surface area contributed by atoms with E-state index in [1.165, 1.54) is 0 Å². The van der Waals surface area contributed by atoms with Gasteiger partial charge in [-0.1, -0.05) is 41.9 Å². The molecule has 3 aromatic rings. The van der Waals surface area contributed by atoms with E-state index in [1.54, 1.807) is 6.07 Å². The largest absolute Gasteiger partial charge is 0.457 e. The van der Waals surface area contributed by atoms with E-state index in [1.807, 2.05) is 61.5 Å². The van der Waals surface area contributed by atoms with Crippen LogP contribution in [0.3, 0.4) is 0 Å². The molecule has 0 spiro atoms. The van der Waals surface area contributed by atoms with Crippen molar-refractivity contribution >= 4 is 11.6 Å². The Morgan fingerprint density at radius 3 is 2.38 bits per heavy atom. The van der Waals surface area contributed by atoms with E-state index in [9.17, 15) is 0 Å². The lowest BCUT2D eigenvalue weighted by Gasteiger charge is -2.07. The zero-order valence-electron chi connectivity index (χ0n) is 11.5. The Bertz CT molecular complexity index is 739. The lowest BCUT2D eigenvalue weighted by molar-refractivity contribution is 0.483. The second kappa shape index (κ2) is 5.94. The van der Waals surface area contributed by atoms with E-state index in [2.05, 4.69) is 9.97 Å². The first-order valence-electron chi connectivity index (χ1n) is 6.55. The van der Waals surface area contributed by atoms with Crippen molar-refractivity contribution in [3.63, 3.8) is 0 Å². The van der Waals surface area contributed by atoms with Gasteiger partial charge in [-0.3, -0.25) is 0 Å². The van der Waals surface area contributed by atoms with Gasteiger partial charge in [-0.2, -0.15) is 0 Å². The van der Waals surface area contributed by atoms with Gasteiger partial charge in [-0.25, -0.2) is 9.97 Å². The fourth-order valence-corrected chi connectivity index (χ4v) is 2.22. The monoisotopic (exact) mass is 296 g/mol. The van der Waals surface area contributed by atoms with Crippen LogP contribution in [-0.2, 0) is 0 Å². The molecular formula is C17H13ClN2O. The Morgan fingerprint density at radius 1 is 0.857 bits per heavy atom. The topological polar surface area (TPSA) is 35.0 Å². The summed E-state index contributed by atoms with van der Waals surface area (Å²) in [5.74, 6) is 2.12. The molecule has 0 aliphatic heterocycles. The number of aromatic nitrogens is 2. The third-order valence-corrected chi connectivity index (χ3v) is 3.09. The minimum Gasteiger partial charge on any atom is -0.457 e. The van der Waals surface area contributed by atoms with E-state index >= 15 is 0 Å². The van der Waals surface area contributed by atoms with E-state index in [0.717, 1.165) is 22.8 Å². The van der Waals surface area contributed by atoms with Crippen LogP contribution in [-0.4, -0.2) is 9.97 Å². The zero-order valence-corrected chi connectivity index (χ0v) is 12.2. The highest BCUT2D eigenvalue weighted by molar-refractivity contribution is 6.29. The number of hydrogen-bond acceptors (Lipinski definition) is 3. The second-order valence-corrected chi connectivity index (χ2v) is 4.99. The zero-order chi connectivity index (χ0) is 14.7. The summed E-state index contributed by atoms with van der Waals surface area (Å²) >= 11 is 5.99. The van der Waals surface area contributed by atoms with Crippen LogP contribution in [0.2, 0.25) is 5.15 Å². The maximum Gasteiger partial charge on any atom is 0.161 e. The number of aryl methyl sites for hydroxylation is 1. The van der Waals surface area contributed by atoms with Crippen LogP contribution in [0.1, 0.15) is 5.69 Å². The van der Waals surface area contributed by atoms with E-state index < -0.39 is 0 Å². The maximum atomic E-state index is 5.99. The summed E-state index contributed by atoms with van der Waals surface area (Å²) < 4.78 is 5.81. The van der Waals surface area contributed by atoms with Gasteiger partial charge in [0.2, 0.25) is 0 Å². The first kappa shape index (κ1) is 13.6. The fourth-order valence-electron chi connectivity index (χ4n) is 1.98. The van der Waals surface area contributed by atoms with Crippen molar-refractivity contribution in [3.8, 4) is 22.9 Å². The van der Waals surface area contributed by atoms with Gasteiger partial charge >= 0.3 is 0 Å². The summed E-state index contributed by atoms with van der Waals surface area (Å²) in [6.45, 7) is 1.89. The summed E-state index contributed by atoms with van der Waals surface area (Å²) in [4.78, 5) is 8.65. The summed E-state index contributed by atoms with van der Waals surface area (Å²) in [6, 6.07) is 19.0. The smallest absolute Gasteiger partial charge is 0.161 e. The molecule has 3 rings (SSSR count). The molecule has 0 saturated carbocycles. The van der Waals surface area contributed by atoms with Crippen LogP contribution in [0.15, 0.2) is 60.7 Å². The molecule has 1 heterocycles. The molecule has 4 heteroatoms. The molecule has 21 heavy (non-hydrogen) atoms. The van der Waals surface area contributed by atoms with Gasteiger partial charge in [0.15, 0.2) is 5.82 Å². The van der Waals surface area contributed by atoms with E-state index in [4.69, 9.17) is 16.3 Å². The minimum atomic E-state index is 0.437. The first-order chi connectivity index (χ1) is 10.2. The molecule has 104 valence electrons. The molecule has 3 nitrogen and oxygen atoms in total. The summed E-state index contributed by atoms with van der Waals surface area (Å²) in [5.41, 5.74) is 1.70. The molecule has 0 fully saturated rings. The number of para-hydroxylation sites is 1. The van der Waals surface area contributed by atoms with Crippen LogP contribution >= 0.6 is 11.6 Å². The SMILES string of the molecule is Cc1cc(Cl)nc(-c2cccc(Oc3ccccc3)c2)n1. The number of nitrogens with zero attached hydrogens (tertiary/aromatic N) is 2. The summed E-state index contributed by atoms with van der Waals surface area (Å²) in [6.07, 6.45) is 0. The van der Waals surface area contributed by atoms with Gasteiger partial charge in [-0.05, 0) is 37.3 Å². The maximum absolute atomic E-state index is 5.99. The first-order valence-corrected chi connectivity index (χ1v) is 6.93. The second-order valence-electron chi connectivity index (χ2n) is 4.60. The lowest BCUT2D eigenvalue weighted by atomic mass is 10.2. The number of ether oxygens (including phenoxy) is 1. The number of halogens is 1. The number of benzene rings is 2. The average molecular weight is 297 g/mol. The Balaban J connectivity index is 1.93. The molecule has 0 bridgehead atoms. The van der Waals surface area contributed by atoms with Crippen LogP contribution in [0.25, 0.3) is 11.4 Å². The normalized spacial score (nSPS) is 10.4. The number of rotatable bonds is 3. The molecule has 0 unspecified atom stereocenters. The van der Waals surface area contributed by atoms with Gasteiger partial charge in [0.1, 0.15) is 16.7 Å². The summed E-state index contributed by atoms with van der Waals surface area (Å²) in [7, 11) is 0. The van der Waals surface area contributed by atoms with E-state index in [0.29, 0.717) is 11.0 Å². The third kappa shape index (κ3) is 3.38. The van der Waals surface area contributed by atoms with Crippen molar-refractivity contribution in [3.05, 3.63) is 71.5 Å². The minimum absolute atomic E-state index is 0.437. The molecule has 0 aliphatic rings. The van der Waals surface area contributed by atoms with Crippen molar-refractivity contribution in [2.45, 2.75) is 6.92 Å². The van der Waals surface area contributed by atoms with Crippen molar-refractivity contribution in [2.24, 2.45) is 0 Å². The molecule has 0 amide bonds. The molecular weight excluding hydrogens is 284 g/mol. The van der Waals surface area contributed by atoms with Crippen LogP contribution < -0.4 is 4.74 Å². The fraction of sp³-hybridized carbons (Fsp3) is 0.0588. The van der Waals surface area contributed by atoms with Crippen LogP contribution in [0, 0.1) is 6.92 Å². The number of hydrogen-bond donors (Lipinski definition) is 0. The predicted octanol–water partition coefficient (Wildman–Crippen LogP) is 4.90. The predicted molar refractivity (Wildman–Crippen MR) is 83.7 cm³/mol. The molecule has 0 saturated heterocycles. The van der Waals surface area contributed by atoms with E-state index in [-0.39, 0.29) is 0 Å². The molecule has 0 atom stereocenters. The van der Waals surface area contributed by atoms with Gasteiger partial charge in [-0.15, -0.1) is 0 Å². The van der Waals surface area contributed by atoms with Gasteiger partial charge < -0.3 is 4.74 Å². The Kier molecular flexibility index (Phi) is 3.84. The third-order valence-electron chi connectivity index (χ3n) is 2.89. The highest BCUT2D eigenvalue weighted by Crippen LogP contribution is 2.26. The van der Waals surface area contributed by atoms with Crippen molar-refractivity contribution in [2.75, 3.05) is 0 Å². The molecule has 1 aromatic heterocycles. The highest BCUT2D eigenvalue weighted by Gasteiger charge is 2.06. The molecule has 0 N–H and O–H groups in total. The van der Waals surface area contributed by atoms with Crippen LogP contribution in [0.4, 0.5) is 0 Å². The quantitative estimate of drug-likeness (QED) is 0.645. The van der Waals surface area contributed by atoms with Gasteiger partial charge in [0.05, 0.1) is 0 Å². The highest BCUT2D eigenvalue weighted by atomic mass is 35.5. The van der Waals surface area contributed by atoms with Gasteiger partial charge in [0.25, 0.3) is 0 Å². The van der Waals surface area contributed by atoms with Crippen molar-refractivity contribution in [1.29, 1.82) is 0 Å². The Hall–Kier alpha value is -2.39. The van der Waals surface area contributed by atoms with Crippen LogP contribution in [0.5, 0.6) is 11.5 Å². The Morgan fingerprint density at radius 2 is 1.62 bits per heavy atom. The lowest BCUT2D eigenvalue weighted by Crippen LogP contribution is -1.92. The standard InChI is InChI=1S/C17H13ClN2O/c1-12-10-16(18)20-17(19-12)13-6-5-9-15(11-13)21-14-7-3-2-4-8-14/h2-11H,1H3. The van der Waals surface area contributed by atoms with Gasteiger partial charge in [0, 0.05) is 11.3 Å². The molecule has 0 aliphatic carbocycles.